The van der Waals surface area contributed by atoms with Gasteiger partial charge in [0.1, 0.15) is 5.75 Å². The van der Waals surface area contributed by atoms with Crippen molar-refractivity contribution in [3.05, 3.63) is 28.8 Å². The summed E-state index contributed by atoms with van der Waals surface area (Å²) in [5.74, 6) is 1.48. The number of rotatable bonds is 2. The van der Waals surface area contributed by atoms with Gasteiger partial charge in [0, 0.05) is 5.56 Å². The molecular formula is C16H22O2. The maximum absolute atomic E-state index is 12.0. The summed E-state index contributed by atoms with van der Waals surface area (Å²) >= 11 is 0. The van der Waals surface area contributed by atoms with E-state index in [1.54, 1.807) is 0 Å². The lowest BCUT2D eigenvalue weighted by atomic mass is 9.82. The van der Waals surface area contributed by atoms with Crippen LogP contribution in [0.3, 0.4) is 0 Å². The van der Waals surface area contributed by atoms with Gasteiger partial charge in [-0.05, 0) is 36.8 Å². The first-order valence-electron chi connectivity index (χ1n) is 6.65. The maximum Gasteiger partial charge on any atom is 0.321 e. The van der Waals surface area contributed by atoms with E-state index in [4.69, 9.17) is 4.74 Å². The van der Waals surface area contributed by atoms with Crippen molar-refractivity contribution in [3.8, 4) is 5.75 Å². The fourth-order valence-corrected chi connectivity index (χ4v) is 2.35. The standard InChI is InChI=1S/C16H22O2/c1-9(2)11-7-12(10(3)4)14-13(8-11)16(5,6)15(17)18-14/h7-10H,1-6H3. The Labute approximate surface area is 109 Å². The molecule has 1 aliphatic rings. The molecule has 2 nitrogen and oxygen atoms in total. The number of hydrogen-bond donors (Lipinski definition) is 0. The molecule has 0 aromatic heterocycles. The molecular weight excluding hydrogens is 224 g/mol. The van der Waals surface area contributed by atoms with E-state index in [0.29, 0.717) is 11.8 Å². The average molecular weight is 246 g/mol. The van der Waals surface area contributed by atoms with E-state index in [2.05, 4.69) is 39.8 Å². The topological polar surface area (TPSA) is 26.3 Å². The van der Waals surface area contributed by atoms with Crippen LogP contribution in [0.4, 0.5) is 0 Å². The van der Waals surface area contributed by atoms with E-state index in [1.165, 1.54) is 5.56 Å². The van der Waals surface area contributed by atoms with Crippen molar-refractivity contribution in [1.29, 1.82) is 0 Å². The summed E-state index contributed by atoms with van der Waals surface area (Å²) in [6.45, 7) is 12.5. The van der Waals surface area contributed by atoms with Crippen LogP contribution in [0, 0.1) is 0 Å². The van der Waals surface area contributed by atoms with E-state index in [0.717, 1.165) is 16.9 Å². The minimum absolute atomic E-state index is 0.139. The predicted molar refractivity (Wildman–Crippen MR) is 73.3 cm³/mol. The molecule has 1 heterocycles. The molecule has 18 heavy (non-hydrogen) atoms. The van der Waals surface area contributed by atoms with Gasteiger partial charge in [0.2, 0.25) is 0 Å². The Balaban J connectivity index is 2.70. The Morgan fingerprint density at radius 2 is 1.67 bits per heavy atom. The molecule has 1 aromatic carbocycles. The normalized spacial score (nSPS) is 17.2. The van der Waals surface area contributed by atoms with E-state index >= 15 is 0 Å². The molecule has 2 heteroatoms. The molecule has 0 unspecified atom stereocenters. The Hall–Kier alpha value is -1.31. The van der Waals surface area contributed by atoms with Crippen LogP contribution in [-0.4, -0.2) is 5.97 Å². The molecule has 0 spiro atoms. The first kappa shape index (κ1) is 13.1. The van der Waals surface area contributed by atoms with Crippen LogP contribution >= 0.6 is 0 Å². The highest BCUT2D eigenvalue weighted by molar-refractivity contribution is 5.90. The van der Waals surface area contributed by atoms with Crippen molar-refractivity contribution in [2.24, 2.45) is 0 Å². The second-order valence-corrected chi connectivity index (χ2v) is 6.31. The van der Waals surface area contributed by atoms with Crippen LogP contribution in [0.25, 0.3) is 0 Å². The minimum Gasteiger partial charge on any atom is -0.425 e. The van der Waals surface area contributed by atoms with Gasteiger partial charge in [-0.25, -0.2) is 0 Å². The van der Waals surface area contributed by atoms with Crippen molar-refractivity contribution in [1.82, 2.24) is 0 Å². The Morgan fingerprint density at radius 3 is 2.17 bits per heavy atom. The number of carbonyl (C=O) groups is 1. The highest BCUT2D eigenvalue weighted by Crippen LogP contribution is 2.45. The number of esters is 1. The number of carbonyl (C=O) groups excluding carboxylic acids is 1. The van der Waals surface area contributed by atoms with Gasteiger partial charge in [-0.3, -0.25) is 4.79 Å². The molecule has 2 rings (SSSR count). The molecule has 0 N–H and O–H groups in total. The van der Waals surface area contributed by atoms with Gasteiger partial charge in [-0.15, -0.1) is 0 Å². The Bertz CT molecular complexity index is 496. The highest BCUT2D eigenvalue weighted by atomic mass is 16.5. The molecule has 1 aliphatic heterocycles. The molecule has 0 fully saturated rings. The second kappa shape index (κ2) is 4.11. The van der Waals surface area contributed by atoms with E-state index < -0.39 is 5.41 Å². The van der Waals surface area contributed by atoms with Crippen LogP contribution < -0.4 is 4.74 Å². The van der Waals surface area contributed by atoms with Gasteiger partial charge in [0.25, 0.3) is 0 Å². The number of fused-ring (bicyclic) bond motifs is 1. The summed E-state index contributed by atoms with van der Waals surface area (Å²) in [5.41, 5.74) is 2.95. The monoisotopic (exact) mass is 246 g/mol. The van der Waals surface area contributed by atoms with E-state index in [1.807, 2.05) is 13.8 Å². The van der Waals surface area contributed by atoms with Crippen molar-refractivity contribution < 1.29 is 9.53 Å². The van der Waals surface area contributed by atoms with E-state index in [-0.39, 0.29) is 5.97 Å². The summed E-state index contributed by atoms with van der Waals surface area (Å²) in [7, 11) is 0. The van der Waals surface area contributed by atoms with Crippen molar-refractivity contribution >= 4 is 5.97 Å². The molecule has 0 aliphatic carbocycles. The van der Waals surface area contributed by atoms with Gasteiger partial charge in [0.05, 0.1) is 5.41 Å². The van der Waals surface area contributed by atoms with Gasteiger partial charge in [0.15, 0.2) is 0 Å². The molecule has 98 valence electrons. The largest absolute Gasteiger partial charge is 0.425 e. The summed E-state index contributed by atoms with van der Waals surface area (Å²) in [6, 6.07) is 4.32. The molecule has 0 amide bonds. The van der Waals surface area contributed by atoms with Crippen LogP contribution in [0.5, 0.6) is 5.75 Å². The van der Waals surface area contributed by atoms with Crippen molar-refractivity contribution in [3.63, 3.8) is 0 Å². The Kier molecular flexibility index (Phi) is 3.00. The zero-order valence-corrected chi connectivity index (χ0v) is 12.1. The van der Waals surface area contributed by atoms with Crippen molar-refractivity contribution in [2.75, 3.05) is 0 Å². The van der Waals surface area contributed by atoms with Crippen molar-refractivity contribution in [2.45, 2.75) is 58.8 Å². The first-order chi connectivity index (χ1) is 8.25. The van der Waals surface area contributed by atoms with Gasteiger partial charge in [-0.2, -0.15) is 0 Å². The third-order valence-corrected chi connectivity index (χ3v) is 3.81. The van der Waals surface area contributed by atoms with Gasteiger partial charge < -0.3 is 4.74 Å². The lowest BCUT2D eigenvalue weighted by Gasteiger charge is -2.18. The first-order valence-corrected chi connectivity index (χ1v) is 6.65. The summed E-state index contributed by atoms with van der Waals surface area (Å²) in [5, 5.41) is 0. The summed E-state index contributed by atoms with van der Waals surface area (Å²) in [6.07, 6.45) is 0. The summed E-state index contributed by atoms with van der Waals surface area (Å²) < 4.78 is 5.51. The molecule has 1 aromatic rings. The lowest BCUT2D eigenvalue weighted by Crippen LogP contribution is -2.25. The molecule has 0 atom stereocenters. The van der Waals surface area contributed by atoms with Crippen LogP contribution in [0.15, 0.2) is 12.1 Å². The van der Waals surface area contributed by atoms with E-state index in [9.17, 15) is 4.79 Å². The smallest absolute Gasteiger partial charge is 0.321 e. The molecule has 0 saturated heterocycles. The minimum atomic E-state index is -0.524. The highest BCUT2D eigenvalue weighted by Gasteiger charge is 2.42. The zero-order valence-electron chi connectivity index (χ0n) is 12.1. The SMILES string of the molecule is CC(C)c1cc(C(C)C)c2c(c1)C(C)(C)C(=O)O2. The maximum atomic E-state index is 12.0. The fourth-order valence-electron chi connectivity index (χ4n) is 2.35. The average Bonchev–Trinajstić information content (AvgIpc) is 2.49. The second-order valence-electron chi connectivity index (χ2n) is 6.31. The fraction of sp³-hybridized carbons (Fsp3) is 0.562. The lowest BCUT2D eigenvalue weighted by molar-refractivity contribution is -0.137. The third-order valence-electron chi connectivity index (χ3n) is 3.81. The quantitative estimate of drug-likeness (QED) is 0.579. The number of benzene rings is 1. The third kappa shape index (κ3) is 1.84. The molecule has 0 bridgehead atoms. The van der Waals surface area contributed by atoms with Gasteiger partial charge >= 0.3 is 5.97 Å². The Morgan fingerprint density at radius 1 is 1.06 bits per heavy atom. The number of ether oxygens (including phenoxy) is 1. The summed E-state index contributed by atoms with van der Waals surface area (Å²) in [4.78, 5) is 12.0. The van der Waals surface area contributed by atoms with Crippen LogP contribution in [-0.2, 0) is 10.2 Å². The number of hydrogen-bond acceptors (Lipinski definition) is 2. The van der Waals surface area contributed by atoms with Crippen LogP contribution in [0.2, 0.25) is 0 Å². The van der Waals surface area contributed by atoms with Crippen LogP contribution in [0.1, 0.15) is 70.1 Å². The molecule has 0 saturated carbocycles. The predicted octanol–water partition coefficient (Wildman–Crippen LogP) is 4.13. The van der Waals surface area contributed by atoms with Gasteiger partial charge in [-0.1, -0.05) is 39.8 Å². The zero-order chi connectivity index (χ0) is 13.7. The molecule has 0 radical (unpaired) electrons.